The zero-order valence-corrected chi connectivity index (χ0v) is 20.4. The van der Waals surface area contributed by atoms with Crippen molar-refractivity contribution in [1.82, 2.24) is 30.3 Å². The van der Waals surface area contributed by atoms with Crippen LogP contribution in [0.15, 0.2) is 60.9 Å². The van der Waals surface area contributed by atoms with E-state index in [0.717, 1.165) is 40.7 Å². The third-order valence-corrected chi connectivity index (χ3v) is 7.21. The highest BCUT2D eigenvalue weighted by molar-refractivity contribution is 6.01. The van der Waals surface area contributed by atoms with Crippen LogP contribution in [0.3, 0.4) is 0 Å². The van der Waals surface area contributed by atoms with Crippen molar-refractivity contribution in [2.45, 2.75) is 50.8 Å². The molecule has 1 amide bonds. The van der Waals surface area contributed by atoms with Crippen LogP contribution in [0.5, 0.6) is 0 Å². The lowest BCUT2D eigenvalue weighted by molar-refractivity contribution is -0.0228. The maximum Gasteiger partial charge on any atom is 0.251 e. The van der Waals surface area contributed by atoms with E-state index in [-0.39, 0.29) is 24.3 Å². The van der Waals surface area contributed by atoms with Gasteiger partial charge in [-0.05, 0) is 69.0 Å². The van der Waals surface area contributed by atoms with Gasteiger partial charge in [-0.15, -0.1) is 0 Å². The Kier molecular flexibility index (Phi) is 5.72. The Morgan fingerprint density at radius 1 is 1.27 bits per heavy atom. The molecule has 37 heavy (non-hydrogen) atoms. The summed E-state index contributed by atoms with van der Waals surface area (Å²) in [6.45, 7) is 2.09. The largest absolute Gasteiger partial charge is 0.388 e. The molecule has 3 aromatic heterocycles. The van der Waals surface area contributed by atoms with Crippen molar-refractivity contribution in [2.24, 2.45) is 0 Å². The minimum absolute atomic E-state index is 0.166. The molecule has 188 valence electrons. The molecule has 2 aromatic carbocycles. The van der Waals surface area contributed by atoms with E-state index in [1.54, 1.807) is 30.6 Å². The number of carbonyl (C=O) groups excluding carboxylic acids is 1. The second-order valence-corrected chi connectivity index (χ2v) is 9.99. The van der Waals surface area contributed by atoms with E-state index in [1.165, 1.54) is 10.7 Å². The van der Waals surface area contributed by atoms with E-state index in [4.69, 9.17) is 0 Å². The fourth-order valence-corrected chi connectivity index (χ4v) is 5.44. The summed E-state index contributed by atoms with van der Waals surface area (Å²) in [4.78, 5) is 17.5. The van der Waals surface area contributed by atoms with Gasteiger partial charge in [0.2, 0.25) is 0 Å². The van der Waals surface area contributed by atoms with Crippen molar-refractivity contribution in [3.63, 3.8) is 0 Å². The third-order valence-electron chi connectivity index (χ3n) is 7.21. The number of benzene rings is 2. The van der Waals surface area contributed by atoms with Gasteiger partial charge in [-0.2, -0.15) is 10.2 Å². The molecule has 9 heteroatoms. The molecule has 1 aliphatic carbocycles. The monoisotopic (exact) mass is 498 g/mol. The number of nitrogens with zero attached hydrogens (tertiary/aromatic N) is 4. The highest BCUT2D eigenvalue weighted by Gasteiger charge is 2.36. The number of H-pyrrole nitrogens is 1. The maximum absolute atomic E-state index is 14.4. The number of aromatic nitrogens is 5. The Morgan fingerprint density at radius 3 is 3.03 bits per heavy atom. The number of nitrogens with one attached hydrogen (secondary N) is 2. The van der Waals surface area contributed by atoms with Crippen molar-refractivity contribution in [3.8, 4) is 11.3 Å². The van der Waals surface area contributed by atoms with Crippen LogP contribution in [0.25, 0.3) is 33.1 Å². The van der Waals surface area contributed by atoms with E-state index in [1.807, 2.05) is 31.2 Å². The van der Waals surface area contributed by atoms with Crippen LogP contribution < -0.4 is 5.32 Å². The van der Waals surface area contributed by atoms with E-state index >= 15 is 0 Å². The van der Waals surface area contributed by atoms with Crippen LogP contribution >= 0.6 is 0 Å². The van der Waals surface area contributed by atoms with Gasteiger partial charge in [-0.3, -0.25) is 19.6 Å². The number of hydrogen-bond acceptors (Lipinski definition) is 5. The molecule has 8 nitrogen and oxygen atoms in total. The summed E-state index contributed by atoms with van der Waals surface area (Å²) in [5.74, 6) is -0.569. The van der Waals surface area contributed by atoms with E-state index in [2.05, 4.69) is 25.6 Å². The average Bonchev–Trinajstić information content (AvgIpc) is 3.48. The van der Waals surface area contributed by atoms with Gasteiger partial charge in [0, 0.05) is 39.8 Å². The Labute approximate surface area is 212 Å². The Balaban J connectivity index is 1.20. The molecule has 0 aliphatic heterocycles. The summed E-state index contributed by atoms with van der Waals surface area (Å²) in [6.07, 6.45) is 5.78. The molecule has 0 unspecified atom stereocenters. The molecule has 5 aromatic rings. The number of hydrogen-bond donors (Lipinski definition) is 3. The van der Waals surface area contributed by atoms with Crippen LogP contribution in [0, 0.1) is 12.7 Å². The molecule has 2 atom stereocenters. The number of aromatic amines is 1. The predicted octanol–water partition coefficient (Wildman–Crippen LogP) is 4.53. The smallest absolute Gasteiger partial charge is 0.251 e. The Hall–Kier alpha value is -4.11. The molecular weight excluding hydrogens is 471 g/mol. The van der Waals surface area contributed by atoms with Crippen molar-refractivity contribution in [1.29, 1.82) is 0 Å². The van der Waals surface area contributed by atoms with E-state index in [9.17, 15) is 14.3 Å². The standard InChI is InChI=1S/C28H27FN6O2/c1-17-12-18(9-11-30-17)25-22-13-19(7-8-24(22)33-34-25)27(36)32-21-5-3-10-28(37,14-21)16-35-26-20(15-31-35)4-2-6-23(26)29/h2,4,6-9,11-13,15,21,37H,3,5,10,14,16H2,1H3,(H,32,36)(H,33,34)/t21-,28+/m1/s1. The fourth-order valence-electron chi connectivity index (χ4n) is 5.44. The number of pyridine rings is 1. The van der Waals surface area contributed by atoms with Crippen LogP contribution in [0.1, 0.15) is 41.7 Å². The van der Waals surface area contributed by atoms with Crippen LogP contribution in [0.4, 0.5) is 4.39 Å². The first-order chi connectivity index (χ1) is 17.9. The summed E-state index contributed by atoms with van der Waals surface area (Å²) in [6, 6.07) is 13.9. The lowest BCUT2D eigenvalue weighted by atomic mass is 9.81. The minimum Gasteiger partial charge on any atom is -0.388 e. The number of halogens is 1. The zero-order chi connectivity index (χ0) is 25.6. The molecule has 1 aliphatic rings. The Morgan fingerprint density at radius 2 is 2.16 bits per heavy atom. The highest BCUT2D eigenvalue weighted by atomic mass is 19.1. The SMILES string of the molecule is Cc1cc(-c2n[nH]c3ccc(C(=O)N[C@@H]4CCC[C@@](O)(Cn5ncc6cccc(F)c65)C4)cc23)ccn1. The summed E-state index contributed by atoms with van der Waals surface area (Å²) in [5, 5.41) is 27.8. The highest BCUT2D eigenvalue weighted by Crippen LogP contribution is 2.32. The lowest BCUT2D eigenvalue weighted by Crippen LogP contribution is -2.47. The van der Waals surface area contributed by atoms with Gasteiger partial charge >= 0.3 is 0 Å². The normalized spacial score (nSPS) is 19.9. The Bertz CT molecular complexity index is 1630. The van der Waals surface area contributed by atoms with E-state index in [0.29, 0.717) is 29.3 Å². The molecule has 0 bridgehead atoms. The molecule has 1 fully saturated rings. The van der Waals surface area contributed by atoms with Crippen molar-refractivity contribution in [3.05, 3.63) is 78.0 Å². The van der Waals surface area contributed by atoms with Gasteiger partial charge in [-0.1, -0.05) is 12.1 Å². The molecule has 3 N–H and O–H groups in total. The summed E-state index contributed by atoms with van der Waals surface area (Å²) in [7, 11) is 0. The first-order valence-corrected chi connectivity index (χ1v) is 12.4. The quantitative estimate of drug-likeness (QED) is 0.330. The number of fused-ring (bicyclic) bond motifs is 2. The number of rotatable bonds is 5. The van der Waals surface area contributed by atoms with Crippen LogP contribution in [-0.4, -0.2) is 47.6 Å². The third kappa shape index (κ3) is 4.46. The van der Waals surface area contributed by atoms with Crippen molar-refractivity contribution < 1.29 is 14.3 Å². The second-order valence-electron chi connectivity index (χ2n) is 9.99. The van der Waals surface area contributed by atoms with Crippen LogP contribution in [-0.2, 0) is 6.54 Å². The fraction of sp³-hybridized carbons (Fsp3) is 0.286. The second kappa shape index (κ2) is 9.08. The number of carbonyl (C=O) groups is 1. The van der Waals surface area contributed by atoms with Crippen LogP contribution in [0.2, 0.25) is 0 Å². The van der Waals surface area contributed by atoms with Gasteiger partial charge in [0.05, 0.1) is 23.9 Å². The average molecular weight is 499 g/mol. The number of para-hydroxylation sites is 1. The van der Waals surface area contributed by atoms with Gasteiger partial charge in [0.1, 0.15) is 17.0 Å². The summed E-state index contributed by atoms with van der Waals surface area (Å²) in [5.41, 5.74) is 3.23. The molecule has 0 saturated heterocycles. The summed E-state index contributed by atoms with van der Waals surface area (Å²) < 4.78 is 16.0. The first kappa shape index (κ1) is 23.3. The topological polar surface area (TPSA) is 109 Å². The van der Waals surface area contributed by atoms with Gasteiger partial charge in [0.15, 0.2) is 0 Å². The van der Waals surface area contributed by atoms with Gasteiger partial charge < -0.3 is 10.4 Å². The summed E-state index contributed by atoms with van der Waals surface area (Å²) >= 11 is 0. The minimum atomic E-state index is -1.10. The number of amides is 1. The maximum atomic E-state index is 14.4. The number of aliphatic hydroxyl groups is 1. The first-order valence-electron chi connectivity index (χ1n) is 12.4. The molecule has 3 heterocycles. The molecule has 0 spiro atoms. The van der Waals surface area contributed by atoms with Gasteiger partial charge in [0.25, 0.3) is 5.91 Å². The zero-order valence-electron chi connectivity index (χ0n) is 20.4. The van der Waals surface area contributed by atoms with E-state index < -0.39 is 5.60 Å². The van der Waals surface area contributed by atoms with Crippen molar-refractivity contribution >= 4 is 27.7 Å². The lowest BCUT2D eigenvalue weighted by Gasteiger charge is -2.37. The molecular formula is C28H27FN6O2. The molecule has 1 saturated carbocycles. The predicted molar refractivity (Wildman–Crippen MR) is 138 cm³/mol. The van der Waals surface area contributed by atoms with Gasteiger partial charge in [-0.25, -0.2) is 4.39 Å². The van der Waals surface area contributed by atoms with Crippen molar-refractivity contribution in [2.75, 3.05) is 0 Å². The molecule has 6 rings (SSSR count). The molecule has 0 radical (unpaired) electrons. The number of aryl methyl sites for hydroxylation is 1.